The highest BCUT2D eigenvalue weighted by Crippen LogP contribution is 2.15. The zero-order valence-electron chi connectivity index (χ0n) is 10.5. The molecule has 0 saturated heterocycles. The smallest absolute Gasteiger partial charge is 0.306 e. The van der Waals surface area contributed by atoms with Crippen LogP contribution in [-0.2, 0) is 4.79 Å². The lowest BCUT2D eigenvalue weighted by Gasteiger charge is -2.08. The SMILES string of the molecule is CC(CCCNC(=O)c1ccc(F)c(Cl)c1)C(=O)O. The van der Waals surface area contributed by atoms with Gasteiger partial charge in [-0.2, -0.15) is 0 Å². The van der Waals surface area contributed by atoms with Crippen molar-refractivity contribution in [3.05, 3.63) is 34.6 Å². The third-order valence-electron chi connectivity index (χ3n) is 2.70. The second kappa shape index (κ2) is 7.09. The molecule has 0 saturated carbocycles. The summed E-state index contributed by atoms with van der Waals surface area (Å²) in [5, 5.41) is 11.2. The molecule has 104 valence electrons. The zero-order valence-corrected chi connectivity index (χ0v) is 11.2. The Morgan fingerprint density at radius 1 is 1.47 bits per heavy atom. The average Bonchev–Trinajstić information content (AvgIpc) is 2.37. The monoisotopic (exact) mass is 287 g/mol. The Balaban J connectivity index is 2.39. The van der Waals surface area contributed by atoms with E-state index in [1.165, 1.54) is 12.1 Å². The Morgan fingerprint density at radius 3 is 2.74 bits per heavy atom. The highest BCUT2D eigenvalue weighted by Gasteiger charge is 2.11. The van der Waals surface area contributed by atoms with Crippen LogP contribution in [0.3, 0.4) is 0 Å². The fourth-order valence-electron chi connectivity index (χ4n) is 1.47. The first-order valence-electron chi connectivity index (χ1n) is 5.88. The lowest BCUT2D eigenvalue weighted by Crippen LogP contribution is -2.25. The molecule has 0 aliphatic carbocycles. The van der Waals surface area contributed by atoms with E-state index < -0.39 is 17.7 Å². The summed E-state index contributed by atoms with van der Waals surface area (Å²) in [5.41, 5.74) is 0.276. The zero-order chi connectivity index (χ0) is 14.4. The van der Waals surface area contributed by atoms with E-state index in [9.17, 15) is 14.0 Å². The molecule has 1 aromatic carbocycles. The Kier molecular flexibility index (Phi) is 5.76. The van der Waals surface area contributed by atoms with Crippen LogP contribution in [0.25, 0.3) is 0 Å². The molecule has 0 spiro atoms. The molecule has 0 fully saturated rings. The predicted octanol–water partition coefficient (Wildman–Crippen LogP) is 2.71. The van der Waals surface area contributed by atoms with Gasteiger partial charge in [0.1, 0.15) is 5.82 Å². The van der Waals surface area contributed by atoms with Gasteiger partial charge < -0.3 is 10.4 Å². The summed E-state index contributed by atoms with van der Waals surface area (Å²) in [6.45, 7) is 1.98. The normalized spacial score (nSPS) is 11.9. The lowest BCUT2D eigenvalue weighted by atomic mass is 10.1. The molecule has 2 N–H and O–H groups in total. The Bertz CT molecular complexity index is 479. The lowest BCUT2D eigenvalue weighted by molar-refractivity contribution is -0.141. The number of benzene rings is 1. The first-order chi connectivity index (χ1) is 8.91. The number of carbonyl (C=O) groups excluding carboxylic acids is 1. The van der Waals surface area contributed by atoms with Gasteiger partial charge in [0.05, 0.1) is 10.9 Å². The number of nitrogens with one attached hydrogen (secondary N) is 1. The molecule has 1 aromatic rings. The fraction of sp³-hybridized carbons (Fsp3) is 0.385. The maximum atomic E-state index is 12.9. The molecule has 0 bridgehead atoms. The van der Waals surface area contributed by atoms with E-state index in [0.29, 0.717) is 19.4 Å². The number of rotatable bonds is 6. The molecular weight excluding hydrogens is 273 g/mol. The maximum Gasteiger partial charge on any atom is 0.306 e. The predicted molar refractivity (Wildman–Crippen MR) is 69.8 cm³/mol. The summed E-state index contributed by atoms with van der Waals surface area (Å²) in [6, 6.07) is 3.73. The highest BCUT2D eigenvalue weighted by atomic mass is 35.5. The molecule has 1 atom stereocenters. The van der Waals surface area contributed by atoms with Gasteiger partial charge in [0.15, 0.2) is 0 Å². The van der Waals surface area contributed by atoms with Crippen molar-refractivity contribution < 1.29 is 19.1 Å². The van der Waals surface area contributed by atoms with Crippen molar-refractivity contribution in [1.82, 2.24) is 5.32 Å². The molecule has 0 aromatic heterocycles. The summed E-state index contributed by atoms with van der Waals surface area (Å²) in [6.07, 6.45) is 1.05. The Labute approximate surface area is 115 Å². The fourth-order valence-corrected chi connectivity index (χ4v) is 1.65. The third-order valence-corrected chi connectivity index (χ3v) is 2.99. The van der Waals surface area contributed by atoms with E-state index in [4.69, 9.17) is 16.7 Å². The number of aliphatic carboxylic acids is 1. The number of carboxylic acids is 1. The van der Waals surface area contributed by atoms with Crippen molar-refractivity contribution >= 4 is 23.5 Å². The highest BCUT2D eigenvalue weighted by molar-refractivity contribution is 6.31. The minimum atomic E-state index is -0.850. The van der Waals surface area contributed by atoms with Crippen LogP contribution in [0.4, 0.5) is 4.39 Å². The van der Waals surface area contributed by atoms with E-state index >= 15 is 0 Å². The number of carboxylic acid groups (broad SMARTS) is 1. The van der Waals surface area contributed by atoms with Crippen LogP contribution in [-0.4, -0.2) is 23.5 Å². The van der Waals surface area contributed by atoms with Gasteiger partial charge in [-0.25, -0.2) is 4.39 Å². The van der Waals surface area contributed by atoms with Crippen molar-refractivity contribution in [1.29, 1.82) is 0 Å². The van der Waals surface area contributed by atoms with Crippen molar-refractivity contribution in [2.75, 3.05) is 6.54 Å². The van der Waals surface area contributed by atoms with E-state index in [-0.39, 0.29) is 16.5 Å². The number of hydrogen-bond donors (Lipinski definition) is 2. The van der Waals surface area contributed by atoms with Crippen molar-refractivity contribution in [3.8, 4) is 0 Å². The molecule has 0 aliphatic rings. The van der Waals surface area contributed by atoms with E-state index in [0.717, 1.165) is 6.07 Å². The van der Waals surface area contributed by atoms with Crippen LogP contribution in [0.2, 0.25) is 5.02 Å². The molecule has 0 heterocycles. The van der Waals surface area contributed by atoms with Gasteiger partial charge in [0, 0.05) is 12.1 Å². The molecular formula is C13H15ClFNO3. The van der Waals surface area contributed by atoms with E-state index in [1.807, 2.05) is 0 Å². The average molecular weight is 288 g/mol. The Hall–Kier alpha value is -1.62. The Morgan fingerprint density at radius 2 is 2.16 bits per heavy atom. The van der Waals surface area contributed by atoms with Gasteiger partial charge in [-0.3, -0.25) is 9.59 Å². The van der Waals surface area contributed by atoms with Crippen LogP contribution >= 0.6 is 11.6 Å². The van der Waals surface area contributed by atoms with Gasteiger partial charge in [0.25, 0.3) is 5.91 Å². The van der Waals surface area contributed by atoms with Gasteiger partial charge in [-0.1, -0.05) is 18.5 Å². The van der Waals surface area contributed by atoms with Gasteiger partial charge in [-0.05, 0) is 31.0 Å². The van der Waals surface area contributed by atoms with Gasteiger partial charge in [-0.15, -0.1) is 0 Å². The second-order valence-corrected chi connectivity index (χ2v) is 4.67. The van der Waals surface area contributed by atoms with Gasteiger partial charge >= 0.3 is 5.97 Å². The van der Waals surface area contributed by atoms with Crippen LogP contribution in [0.5, 0.6) is 0 Å². The minimum absolute atomic E-state index is 0.104. The molecule has 19 heavy (non-hydrogen) atoms. The number of halogens is 2. The summed E-state index contributed by atoms with van der Waals surface area (Å²) >= 11 is 5.58. The molecule has 1 unspecified atom stereocenters. The van der Waals surface area contributed by atoms with Crippen molar-refractivity contribution in [2.45, 2.75) is 19.8 Å². The van der Waals surface area contributed by atoms with Gasteiger partial charge in [0.2, 0.25) is 0 Å². The summed E-state index contributed by atoms with van der Waals surface area (Å²) in [5.74, 6) is -2.22. The number of amides is 1. The molecule has 1 amide bonds. The first-order valence-corrected chi connectivity index (χ1v) is 6.25. The first kappa shape index (κ1) is 15.4. The topological polar surface area (TPSA) is 66.4 Å². The molecule has 4 nitrogen and oxygen atoms in total. The summed E-state index contributed by atoms with van der Waals surface area (Å²) in [7, 11) is 0. The maximum absolute atomic E-state index is 12.9. The van der Waals surface area contributed by atoms with Crippen LogP contribution in [0, 0.1) is 11.7 Å². The summed E-state index contributed by atoms with van der Waals surface area (Å²) in [4.78, 5) is 22.3. The number of carbonyl (C=O) groups is 2. The second-order valence-electron chi connectivity index (χ2n) is 4.27. The largest absolute Gasteiger partial charge is 0.481 e. The molecule has 0 aliphatic heterocycles. The molecule has 1 rings (SSSR count). The third kappa shape index (κ3) is 4.87. The quantitative estimate of drug-likeness (QED) is 0.791. The number of hydrogen-bond acceptors (Lipinski definition) is 2. The summed E-state index contributed by atoms with van der Waals surface area (Å²) < 4.78 is 12.9. The van der Waals surface area contributed by atoms with Crippen molar-refractivity contribution in [2.24, 2.45) is 5.92 Å². The minimum Gasteiger partial charge on any atom is -0.481 e. The standard InChI is InChI=1S/C13H15ClFNO3/c1-8(13(18)19)3-2-6-16-12(17)9-4-5-11(15)10(14)7-9/h4-5,7-8H,2-3,6H2,1H3,(H,16,17)(H,18,19). The van der Waals surface area contributed by atoms with Crippen molar-refractivity contribution in [3.63, 3.8) is 0 Å². The molecule has 6 heteroatoms. The van der Waals surface area contributed by atoms with Crippen LogP contribution in [0.1, 0.15) is 30.1 Å². The van der Waals surface area contributed by atoms with E-state index in [2.05, 4.69) is 5.32 Å². The van der Waals surface area contributed by atoms with Crippen LogP contribution in [0.15, 0.2) is 18.2 Å². The van der Waals surface area contributed by atoms with E-state index in [1.54, 1.807) is 6.92 Å². The molecule has 0 radical (unpaired) electrons. The van der Waals surface area contributed by atoms with Crippen LogP contribution < -0.4 is 5.32 Å².